The van der Waals surface area contributed by atoms with E-state index in [-0.39, 0.29) is 18.4 Å². The SMILES string of the molecule is Cc1nn(C)c(C)c1C(C)C(=O)N1CCOC(C(N)=O)C1. The minimum Gasteiger partial charge on any atom is -0.367 e. The van der Waals surface area contributed by atoms with Gasteiger partial charge in [-0.1, -0.05) is 0 Å². The molecule has 0 aliphatic carbocycles. The van der Waals surface area contributed by atoms with Gasteiger partial charge in [0.05, 0.1) is 24.8 Å². The average Bonchev–Trinajstić information content (AvgIpc) is 2.70. The molecule has 2 heterocycles. The maximum atomic E-state index is 12.7. The van der Waals surface area contributed by atoms with Crippen LogP contribution in [0.1, 0.15) is 29.8 Å². The zero-order valence-corrected chi connectivity index (χ0v) is 12.9. The summed E-state index contributed by atoms with van der Waals surface area (Å²) in [7, 11) is 1.86. The van der Waals surface area contributed by atoms with Crippen LogP contribution < -0.4 is 5.73 Å². The van der Waals surface area contributed by atoms with Crippen LogP contribution in [0.3, 0.4) is 0 Å². The molecule has 0 spiro atoms. The Morgan fingerprint density at radius 1 is 1.43 bits per heavy atom. The fourth-order valence-electron chi connectivity index (χ4n) is 2.84. The van der Waals surface area contributed by atoms with E-state index in [1.54, 1.807) is 9.58 Å². The minimum atomic E-state index is -0.717. The lowest BCUT2D eigenvalue weighted by Gasteiger charge is -2.33. The predicted octanol–water partition coefficient (Wildman–Crippen LogP) is -0.147. The molecule has 116 valence electrons. The van der Waals surface area contributed by atoms with Gasteiger partial charge in [-0.15, -0.1) is 0 Å². The second-order valence-corrected chi connectivity index (χ2v) is 5.48. The van der Waals surface area contributed by atoms with E-state index in [2.05, 4.69) is 5.10 Å². The van der Waals surface area contributed by atoms with Crippen LogP contribution in [-0.4, -0.2) is 52.3 Å². The Morgan fingerprint density at radius 2 is 2.10 bits per heavy atom. The summed E-state index contributed by atoms with van der Waals surface area (Å²) >= 11 is 0. The van der Waals surface area contributed by atoms with Crippen molar-refractivity contribution >= 4 is 11.8 Å². The van der Waals surface area contributed by atoms with Gasteiger partial charge in [-0.2, -0.15) is 5.10 Å². The Bertz CT molecular complexity index is 567. The first-order chi connectivity index (χ1) is 9.82. The third-order valence-electron chi connectivity index (χ3n) is 4.06. The number of rotatable bonds is 3. The number of ether oxygens (including phenoxy) is 1. The number of nitrogens with zero attached hydrogens (tertiary/aromatic N) is 3. The van der Waals surface area contributed by atoms with E-state index in [0.717, 1.165) is 17.0 Å². The van der Waals surface area contributed by atoms with Crippen molar-refractivity contribution in [2.24, 2.45) is 12.8 Å². The molecule has 1 aromatic heterocycles. The zero-order valence-electron chi connectivity index (χ0n) is 12.9. The van der Waals surface area contributed by atoms with Crippen LogP contribution in [0.5, 0.6) is 0 Å². The fourth-order valence-corrected chi connectivity index (χ4v) is 2.84. The van der Waals surface area contributed by atoms with Crippen LogP contribution in [0.25, 0.3) is 0 Å². The molecule has 0 radical (unpaired) electrons. The summed E-state index contributed by atoms with van der Waals surface area (Å²) in [5, 5.41) is 4.35. The molecule has 1 aliphatic heterocycles. The molecule has 1 fully saturated rings. The second-order valence-electron chi connectivity index (χ2n) is 5.48. The molecule has 0 saturated carbocycles. The molecular formula is C14H22N4O3. The summed E-state index contributed by atoms with van der Waals surface area (Å²) in [5.41, 5.74) is 8.04. The number of primary amides is 1. The first kappa shape index (κ1) is 15.5. The molecule has 7 nitrogen and oxygen atoms in total. The summed E-state index contributed by atoms with van der Waals surface area (Å²) < 4.78 is 7.05. The lowest BCUT2D eigenvalue weighted by atomic mass is 9.97. The maximum Gasteiger partial charge on any atom is 0.248 e. The van der Waals surface area contributed by atoms with E-state index in [9.17, 15) is 9.59 Å². The van der Waals surface area contributed by atoms with E-state index < -0.39 is 12.0 Å². The molecule has 0 bridgehead atoms. The van der Waals surface area contributed by atoms with E-state index >= 15 is 0 Å². The summed E-state index contributed by atoms with van der Waals surface area (Å²) in [6.07, 6.45) is -0.717. The van der Waals surface area contributed by atoms with E-state index in [1.807, 2.05) is 27.8 Å². The number of carbonyl (C=O) groups excluding carboxylic acids is 2. The zero-order chi connectivity index (χ0) is 15.7. The van der Waals surface area contributed by atoms with E-state index in [1.165, 1.54) is 0 Å². The minimum absolute atomic E-state index is 0.0243. The van der Waals surface area contributed by atoms with Crippen molar-refractivity contribution in [3.63, 3.8) is 0 Å². The quantitative estimate of drug-likeness (QED) is 0.839. The number of nitrogens with two attached hydrogens (primary N) is 1. The van der Waals surface area contributed by atoms with Crippen LogP contribution in [-0.2, 0) is 21.4 Å². The van der Waals surface area contributed by atoms with Crippen LogP contribution in [0.15, 0.2) is 0 Å². The van der Waals surface area contributed by atoms with Gasteiger partial charge in [0.15, 0.2) is 6.10 Å². The lowest BCUT2D eigenvalue weighted by Crippen LogP contribution is -2.51. The van der Waals surface area contributed by atoms with Gasteiger partial charge in [-0.3, -0.25) is 14.3 Å². The Hall–Kier alpha value is -1.89. The molecular weight excluding hydrogens is 272 g/mol. The number of aryl methyl sites for hydroxylation is 2. The summed E-state index contributed by atoms with van der Waals surface area (Å²) in [5.74, 6) is -0.858. The molecule has 2 N–H and O–H groups in total. The number of morpholine rings is 1. The smallest absolute Gasteiger partial charge is 0.248 e. The van der Waals surface area contributed by atoms with E-state index in [4.69, 9.17) is 10.5 Å². The van der Waals surface area contributed by atoms with Crippen molar-refractivity contribution in [1.29, 1.82) is 0 Å². The molecule has 21 heavy (non-hydrogen) atoms. The number of aromatic nitrogens is 2. The highest BCUT2D eigenvalue weighted by Crippen LogP contribution is 2.25. The highest BCUT2D eigenvalue weighted by atomic mass is 16.5. The molecule has 1 saturated heterocycles. The first-order valence-electron chi connectivity index (χ1n) is 7.02. The third kappa shape index (κ3) is 2.92. The van der Waals surface area contributed by atoms with Gasteiger partial charge in [-0.25, -0.2) is 0 Å². The normalized spacial score (nSPS) is 20.4. The van der Waals surface area contributed by atoms with Crippen molar-refractivity contribution in [2.45, 2.75) is 32.8 Å². The summed E-state index contributed by atoms with van der Waals surface area (Å²) in [6.45, 7) is 6.75. The van der Waals surface area contributed by atoms with Gasteiger partial charge < -0.3 is 15.4 Å². The average molecular weight is 294 g/mol. The Morgan fingerprint density at radius 3 is 2.62 bits per heavy atom. The molecule has 2 unspecified atom stereocenters. The van der Waals surface area contributed by atoms with Crippen molar-refractivity contribution in [3.8, 4) is 0 Å². The topological polar surface area (TPSA) is 90.4 Å². The van der Waals surface area contributed by atoms with Gasteiger partial charge in [0.2, 0.25) is 11.8 Å². The Labute approximate surface area is 124 Å². The molecule has 1 aliphatic rings. The monoisotopic (exact) mass is 294 g/mol. The highest BCUT2D eigenvalue weighted by Gasteiger charge is 2.32. The van der Waals surface area contributed by atoms with Crippen molar-refractivity contribution in [2.75, 3.05) is 19.7 Å². The van der Waals surface area contributed by atoms with Gasteiger partial charge >= 0.3 is 0 Å². The van der Waals surface area contributed by atoms with Crippen molar-refractivity contribution in [1.82, 2.24) is 14.7 Å². The predicted molar refractivity (Wildman–Crippen MR) is 76.6 cm³/mol. The van der Waals surface area contributed by atoms with Crippen LogP contribution in [0.2, 0.25) is 0 Å². The van der Waals surface area contributed by atoms with Crippen molar-refractivity contribution < 1.29 is 14.3 Å². The maximum absolute atomic E-state index is 12.7. The molecule has 2 amide bonds. The molecule has 2 atom stereocenters. The van der Waals surface area contributed by atoms with Crippen LogP contribution >= 0.6 is 0 Å². The standard InChI is InChI=1S/C14H22N4O3/c1-8(12-9(2)16-17(4)10(12)3)14(20)18-5-6-21-11(7-18)13(15)19/h8,11H,5-7H2,1-4H3,(H2,15,19). The highest BCUT2D eigenvalue weighted by molar-refractivity contribution is 5.85. The summed E-state index contributed by atoms with van der Waals surface area (Å²) in [4.78, 5) is 25.5. The molecule has 2 rings (SSSR count). The lowest BCUT2D eigenvalue weighted by molar-refractivity contribution is -0.146. The molecule has 7 heteroatoms. The Kier molecular flexibility index (Phi) is 4.32. The van der Waals surface area contributed by atoms with Gasteiger partial charge in [-0.05, 0) is 20.8 Å². The Balaban J connectivity index is 2.17. The van der Waals surface area contributed by atoms with Crippen molar-refractivity contribution in [3.05, 3.63) is 17.0 Å². The fraction of sp³-hybridized carbons (Fsp3) is 0.643. The van der Waals surface area contributed by atoms with Gasteiger partial charge in [0.1, 0.15) is 0 Å². The number of hydrogen-bond donors (Lipinski definition) is 1. The number of hydrogen-bond acceptors (Lipinski definition) is 4. The number of amides is 2. The van der Waals surface area contributed by atoms with Gasteiger partial charge in [0.25, 0.3) is 0 Å². The largest absolute Gasteiger partial charge is 0.367 e. The number of carbonyl (C=O) groups is 2. The molecule has 0 aromatic carbocycles. The molecule has 1 aromatic rings. The van der Waals surface area contributed by atoms with E-state index in [0.29, 0.717) is 13.2 Å². The van der Waals surface area contributed by atoms with Crippen LogP contribution in [0.4, 0.5) is 0 Å². The first-order valence-corrected chi connectivity index (χ1v) is 7.02. The summed E-state index contributed by atoms with van der Waals surface area (Å²) in [6, 6.07) is 0. The van der Waals surface area contributed by atoms with Crippen LogP contribution in [0, 0.1) is 13.8 Å². The second kappa shape index (κ2) is 5.85. The third-order valence-corrected chi connectivity index (χ3v) is 4.06. The van der Waals surface area contributed by atoms with Gasteiger partial charge in [0, 0.05) is 24.8 Å².